The minimum Gasteiger partial charge on any atom is -0.361 e. The molecule has 0 fully saturated rings. The van der Waals surface area contributed by atoms with Crippen LogP contribution in [0.2, 0.25) is 0 Å². The normalized spacial score (nSPS) is 11.2. The third kappa shape index (κ3) is 1.71. The van der Waals surface area contributed by atoms with Crippen LogP contribution in [0, 0.1) is 6.92 Å². The standard InChI is InChI=1S/C14H16N4/c1-9-3-2-4-12-14(9)11(7-16-12)5-10-8-17-18-13(10)6-15/h2-4,7-8,16H,5-6,15H2,1H3,(H,17,18). The van der Waals surface area contributed by atoms with Gasteiger partial charge in [0.25, 0.3) is 0 Å². The van der Waals surface area contributed by atoms with E-state index < -0.39 is 0 Å². The molecule has 4 heteroatoms. The summed E-state index contributed by atoms with van der Waals surface area (Å²) in [5.41, 5.74) is 11.6. The molecule has 0 unspecified atom stereocenters. The molecule has 4 N–H and O–H groups in total. The highest BCUT2D eigenvalue weighted by molar-refractivity contribution is 5.86. The van der Waals surface area contributed by atoms with Gasteiger partial charge in [-0.25, -0.2) is 0 Å². The van der Waals surface area contributed by atoms with Crippen LogP contribution in [0.4, 0.5) is 0 Å². The van der Waals surface area contributed by atoms with Crippen LogP contribution in [0.25, 0.3) is 10.9 Å². The SMILES string of the molecule is Cc1cccc2[nH]cc(Cc3cn[nH]c3CN)c12. The Kier molecular flexibility index (Phi) is 2.64. The van der Waals surface area contributed by atoms with Gasteiger partial charge in [-0.05, 0) is 29.7 Å². The Morgan fingerprint density at radius 2 is 2.17 bits per heavy atom. The highest BCUT2D eigenvalue weighted by Gasteiger charge is 2.10. The van der Waals surface area contributed by atoms with Crippen molar-refractivity contribution in [1.82, 2.24) is 15.2 Å². The number of nitrogens with one attached hydrogen (secondary N) is 2. The van der Waals surface area contributed by atoms with Gasteiger partial charge in [0, 0.05) is 30.1 Å². The number of nitrogens with two attached hydrogens (primary N) is 1. The zero-order chi connectivity index (χ0) is 12.5. The molecule has 18 heavy (non-hydrogen) atoms. The fourth-order valence-electron chi connectivity index (χ4n) is 2.46. The largest absolute Gasteiger partial charge is 0.361 e. The number of hydrogen-bond donors (Lipinski definition) is 3. The summed E-state index contributed by atoms with van der Waals surface area (Å²) in [5.74, 6) is 0. The van der Waals surface area contributed by atoms with E-state index in [1.807, 2.05) is 6.20 Å². The molecule has 2 aromatic heterocycles. The maximum absolute atomic E-state index is 5.69. The highest BCUT2D eigenvalue weighted by atomic mass is 15.1. The molecule has 0 aliphatic rings. The minimum atomic E-state index is 0.497. The average molecular weight is 240 g/mol. The number of aromatic amines is 2. The lowest BCUT2D eigenvalue weighted by Gasteiger charge is -2.02. The summed E-state index contributed by atoms with van der Waals surface area (Å²) in [6.07, 6.45) is 4.79. The van der Waals surface area contributed by atoms with Crippen molar-refractivity contribution in [1.29, 1.82) is 0 Å². The van der Waals surface area contributed by atoms with Gasteiger partial charge in [0.05, 0.1) is 11.9 Å². The van der Waals surface area contributed by atoms with E-state index in [-0.39, 0.29) is 0 Å². The summed E-state index contributed by atoms with van der Waals surface area (Å²) in [7, 11) is 0. The van der Waals surface area contributed by atoms with Gasteiger partial charge in [0.15, 0.2) is 0 Å². The number of aryl methyl sites for hydroxylation is 1. The number of aromatic nitrogens is 3. The lowest BCUT2D eigenvalue weighted by Crippen LogP contribution is -2.01. The van der Waals surface area contributed by atoms with Crippen molar-refractivity contribution in [3.63, 3.8) is 0 Å². The van der Waals surface area contributed by atoms with Crippen molar-refractivity contribution in [2.45, 2.75) is 19.9 Å². The molecule has 0 spiro atoms. The van der Waals surface area contributed by atoms with Gasteiger partial charge in [-0.1, -0.05) is 12.1 Å². The number of H-pyrrole nitrogens is 2. The van der Waals surface area contributed by atoms with Gasteiger partial charge in [0.1, 0.15) is 0 Å². The van der Waals surface area contributed by atoms with Crippen LogP contribution in [0.5, 0.6) is 0 Å². The molecule has 0 saturated carbocycles. The number of rotatable bonds is 3. The Labute approximate surface area is 105 Å². The summed E-state index contributed by atoms with van der Waals surface area (Å²) >= 11 is 0. The third-order valence-electron chi connectivity index (χ3n) is 3.39. The van der Waals surface area contributed by atoms with Gasteiger partial charge in [-0.2, -0.15) is 5.10 Å². The van der Waals surface area contributed by atoms with Crippen molar-refractivity contribution < 1.29 is 0 Å². The molecule has 3 rings (SSSR count). The van der Waals surface area contributed by atoms with Gasteiger partial charge >= 0.3 is 0 Å². The molecule has 0 saturated heterocycles. The molecule has 0 amide bonds. The Morgan fingerprint density at radius 3 is 3.00 bits per heavy atom. The van der Waals surface area contributed by atoms with E-state index in [1.165, 1.54) is 27.6 Å². The van der Waals surface area contributed by atoms with Crippen molar-refractivity contribution in [2.24, 2.45) is 5.73 Å². The van der Waals surface area contributed by atoms with Gasteiger partial charge < -0.3 is 10.7 Å². The number of hydrogen-bond acceptors (Lipinski definition) is 2. The summed E-state index contributed by atoms with van der Waals surface area (Å²) in [4.78, 5) is 3.32. The second-order valence-corrected chi connectivity index (χ2v) is 4.57. The quantitative estimate of drug-likeness (QED) is 0.657. The molecule has 0 radical (unpaired) electrons. The first kappa shape index (κ1) is 11.0. The van der Waals surface area contributed by atoms with Gasteiger partial charge in [0.2, 0.25) is 0 Å². The molecule has 0 atom stereocenters. The third-order valence-corrected chi connectivity index (χ3v) is 3.39. The van der Waals surface area contributed by atoms with E-state index in [2.05, 4.69) is 46.5 Å². The van der Waals surface area contributed by atoms with Crippen LogP contribution in [0.15, 0.2) is 30.6 Å². The molecule has 4 nitrogen and oxygen atoms in total. The van der Waals surface area contributed by atoms with Crippen LogP contribution in [0.3, 0.4) is 0 Å². The smallest absolute Gasteiger partial charge is 0.0526 e. The van der Waals surface area contributed by atoms with Gasteiger partial charge in [-0.3, -0.25) is 5.10 Å². The summed E-state index contributed by atoms with van der Waals surface area (Å²) < 4.78 is 0. The highest BCUT2D eigenvalue weighted by Crippen LogP contribution is 2.24. The van der Waals surface area contributed by atoms with Crippen molar-refractivity contribution in [3.05, 3.63) is 53.0 Å². The molecule has 0 bridgehead atoms. The van der Waals surface area contributed by atoms with E-state index in [4.69, 9.17) is 5.73 Å². The lowest BCUT2D eigenvalue weighted by atomic mass is 10.0. The molecule has 1 aromatic carbocycles. The number of fused-ring (bicyclic) bond motifs is 1. The van der Waals surface area contributed by atoms with E-state index in [0.29, 0.717) is 6.54 Å². The number of benzene rings is 1. The van der Waals surface area contributed by atoms with Crippen LogP contribution < -0.4 is 5.73 Å². The average Bonchev–Trinajstić information content (AvgIpc) is 2.97. The zero-order valence-corrected chi connectivity index (χ0v) is 10.3. The van der Waals surface area contributed by atoms with E-state index in [0.717, 1.165) is 12.1 Å². The fraction of sp³-hybridized carbons (Fsp3) is 0.214. The van der Waals surface area contributed by atoms with Crippen LogP contribution in [-0.2, 0) is 13.0 Å². The maximum Gasteiger partial charge on any atom is 0.0526 e. The molecule has 0 aliphatic heterocycles. The Bertz CT molecular complexity index is 678. The summed E-state index contributed by atoms with van der Waals surface area (Å²) in [6.45, 7) is 2.63. The Morgan fingerprint density at radius 1 is 1.28 bits per heavy atom. The minimum absolute atomic E-state index is 0.497. The summed E-state index contributed by atoms with van der Waals surface area (Å²) in [6, 6.07) is 6.31. The van der Waals surface area contributed by atoms with Crippen molar-refractivity contribution in [3.8, 4) is 0 Å². The molecule has 0 aliphatic carbocycles. The Balaban J connectivity index is 2.05. The van der Waals surface area contributed by atoms with Crippen LogP contribution in [0.1, 0.15) is 22.4 Å². The lowest BCUT2D eigenvalue weighted by molar-refractivity contribution is 0.934. The first-order chi connectivity index (χ1) is 8.79. The first-order valence-corrected chi connectivity index (χ1v) is 6.06. The maximum atomic E-state index is 5.69. The van der Waals surface area contributed by atoms with Gasteiger partial charge in [-0.15, -0.1) is 0 Å². The van der Waals surface area contributed by atoms with Crippen molar-refractivity contribution >= 4 is 10.9 Å². The number of nitrogens with zero attached hydrogens (tertiary/aromatic N) is 1. The predicted molar refractivity (Wildman–Crippen MR) is 72.3 cm³/mol. The van der Waals surface area contributed by atoms with Crippen LogP contribution in [-0.4, -0.2) is 15.2 Å². The first-order valence-electron chi connectivity index (χ1n) is 6.06. The van der Waals surface area contributed by atoms with E-state index in [1.54, 1.807) is 0 Å². The Hall–Kier alpha value is -2.07. The molecular weight excluding hydrogens is 224 g/mol. The molecule has 92 valence electrons. The monoisotopic (exact) mass is 240 g/mol. The van der Waals surface area contributed by atoms with Crippen molar-refractivity contribution in [2.75, 3.05) is 0 Å². The fourth-order valence-corrected chi connectivity index (χ4v) is 2.46. The van der Waals surface area contributed by atoms with E-state index >= 15 is 0 Å². The second kappa shape index (κ2) is 4.31. The van der Waals surface area contributed by atoms with E-state index in [9.17, 15) is 0 Å². The van der Waals surface area contributed by atoms with Crippen LogP contribution >= 0.6 is 0 Å². The zero-order valence-electron chi connectivity index (χ0n) is 10.3. The topological polar surface area (TPSA) is 70.5 Å². The summed E-state index contributed by atoms with van der Waals surface area (Å²) in [5, 5.41) is 8.31. The second-order valence-electron chi connectivity index (χ2n) is 4.57. The molecule has 2 heterocycles. The molecule has 3 aromatic rings. The molecular formula is C14H16N4. The predicted octanol–water partition coefficient (Wildman–Crippen LogP) is 2.25.